The number of hydrogen-bond donors (Lipinski definition) is 0. The summed E-state index contributed by atoms with van der Waals surface area (Å²) in [5, 5.41) is 0. The second kappa shape index (κ2) is 9.76. The Kier molecular flexibility index (Phi) is 8.50. The smallest absolute Gasteiger partial charge is 0.146 e. The highest BCUT2D eigenvalue weighted by Crippen LogP contribution is 2.02. The van der Waals surface area contributed by atoms with Gasteiger partial charge in [-0.2, -0.15) is 0 Å². The highest BCUT2D eigenvalue weighted by Gasteiger charge is 2.17. The summed E-state index contributed by atoms with van der Waals surface area (Å²) >= 11 is 0. The molecular weight excluding hydrogens is 226 g/mol. The van der Waals surface area contributed by atoms with Crippen LogP contribution in [0.4, 0.5) is 0 Å². The molecule has 17 heavy (non-hydrogen) atoms. The van der Waals surface area contributed by atoms with Gasteiger partial charge in [-0.15, -0.1) is 0 Å². The van der Waals surface area contributed by atoms with E-state index in [4.69, 9.17) is 23.7 Å². The molecular formula is C11H23NO5. The van der Waals surface area contributed by atoms with Gasteiger partial charge in [0.25, 0.3) is 0 Å². The fourth-order valence-corrected chi connectivity index (χ4v) is 1.65. The van der Waals surface area contributed by atoms with Crippen LogP contribution in [0.25, 0.3) is 0 Å². The summed E-state index contributed by atoms with van der Waals surface area (Å²) in [5.41, 5.74) is 0. The second-order valence-corrected chi connectivity index (χ2v) is 3.89. The molecule has 0 aliphatic carbocycles. The third-order valence-electron chi connectivity index (χ3n) is 2.49. The van der Waals surface area contributed by atoms with Crippen molar-refractivity contribution in [2.24, 2.45) is 0 Å². The van der Waals surface area contributed by atoms with E-state index in [1.807, 2.05) is 0 Å². The van der Waals surface area contributed by atoms with Crippen molar-refractivity contribution in [3.8, 4) is 0 Å². The predicted octanol–water partition coefficient (Wildman–Crippen LogP) is -0.0718. The summed E-state index contributed by atoms with van der Waals surface area (Å²) in [4.78, 5) is 2.31. The summed E-state index contributed by atoms with van der Waals surface area (Å²) < 4.78 is 25.9. The van der Waals surface area contributed by atoms with Gasteiger partial charge < -0.3 is 23.7 Å². The van der Waals surface area contributed by atoms with E-state index in [2.05, 4.69) is 4.90 Å². The Labute approximate surface area is 103 Å². The normalized spacial score (nSPS) is 19.4. The molecule has 6 heteroatoms. The molecule has 1 aliphatic rings. The van der Waals surface area contributed by atoms with Crippen LogP contribution in [0, 0.1) is 0 Å². The average molecular weight is 249 g/mol. The molecule has 0 N–H and O–H groups in total. The largest absolute Gasteiger partial charge is 0.379 e. The van der Waals surface area contributed by atoms with Crippen molar-refractivity contribution in [1.82, 2.24) is 4.90 Å². The number of ether oxygens (including phenoxy) is 5. The van der Waals surface area contributed by atoms with Crippen LogP contribution in [0.15, 0.2) is 0 Å². The topological polar surface area (TPSA) is 49.4 Å². The van der Waals surface area contributed by atoms with E-state index in [1.165, 1.54) is 0 Å². The fourth-order valence-electron chi connectivity index (χ4n) is 1.65. The molecule has 0 bridgehead atoms. The van der Waals surface area contributed by atoms with Crippen LogP contribution in [-0.2, 0) is 23.7 Å². The lowest BCUT2D eigenvalue weighted by Crippen LogP contribution is -2.43. The molecule has 0 aromatic carbocycles. The quantitative estimate of drug-likeness (QED) is 0.421. The second-order valence-electron chi connectivity index (χ2n) is 3.89. The first-order valence-electron chi connectivity index (χ1n) is 5.84. The Balaban J connectivity index is 2.22. The van der Waals surface area contributed by atoms with Crippen LogP contribution in [0.1, 0.15) is 0 Å². The van der Waals surface area contributed by atoms with Crippen molar-refractivity contribution in [2.45, 2.75) is 6.10 Å². The minimum absolute atomic E-state index is 0.00296. The first-order valence-corrected chi connectivity index (χ1v) is 5.84. The molecule has 1 heterocycles. The van der Waals surface area contributed by atoms with Crippen molar-refractivity contribution >= 4 is 0 Å². The zero-order valence-electron chi connectivity index (χ0n) is 10.7. The van der Waals surface area contributed by atoms with E-state index < -0.39 is 0 Å². The van der Waals surface area contributed by atoms with Crippen molar-refractivity contribution in [3.05, 3.63) is 0 Å². The van der Waals surface area contributed by atoms with Crippen LogP contribution in [0.5, 0.6) is 0 Å². The molecule has 0 aromatic heterocycles. The van der Waals surface area contributed by atoms with Gasteiger partial charge in [0.1, 0.15) is 13.6 Å². The standard InChI is InChI=1S/C11H23NO5/c1-13-9-16-8-11(17-10-14-2)7-12-3-5-15-6-4-12/h11H,3-10H2,1-2H3. The Morgan fingerprint density at radius 3 is 2.47 bits per heavy atom. The zero-order chi connectivity index (χ0) is 12.3. The maximum atomic E-state index is 5.56. The van der Waals surface area contributed by atoms with Crippen LogP contribution in [0.2, 0.25) is 0 Å². The van der Waals surface area contributed by atoms with Gasteiger partial charge in [0.05, 0.1) is 25.9 Å². The van der Waals surface area contributed by atoms with E-state index >= 15 is 0 Å². The van der Waals surface area contributed by atoms with Gasteiger partial charge in [-0.3, -0.25) is 4.90 Å². The minimum Gasteiger partial charge on any atom is -0.379 e. The van der Waals surface area contributed by atoms with Gasteiger partial charge >= 0.3 is 0 Å². The van der Waals surface area contributed by atoms with Gasteiger partial charge in [0, 0.05) is 33.9 Å². The SMILES string of the molecule is COCOCC(CN1CCOCC1)OCOC. The lowest BCUT2D eigenvalue weighted by atomic mass is 10.3. The van der Waals surface area contributed by atoms with E-state index in [9.17, 15) is 0 Å². The molecule has 1 unspecified atom stereocenters. The Morgan fingerprint density at radius 2 is 1.82 bits per heavy atom. The molecule has 0 saturated carbocycles. The highest BCUT2D eigenvalue weighted by atomic mass is 16.7. The number of nitrogens with zero attached hydrogens (tertiary/aromatic N) is 1. The van der Waals surface area contributed by atoms with Crippen molar-refractivity contribution in [2.75, 3.05) is 67.3 Å². The molecule has 1 saturated heterocycles. The number of rotatable bonds is 9. The van der Waals surface area contributed by atoms with Gasteiger partial charge in [-0.05, 0) is 0 Å². The van der Waals surface area contributed by atoms with Crippen LogP contribution < -0.4 is 0 Å². The molecule has 1 atom stereocenters. The summed E-state index contributed by atoms with van der Waals surface area (Å²) in [6, 6.07) is 0. The number of methoxy groups -OCH3 is 2. The maximum Gasteiger partial charge on any atom is 0.146 e. The van der Waals surface area contributed by atoms with Crippen LogP contribution >= 0.6 is 0 Å². The van der Waals surface area contributed by atoms with E-state index in [1.54, 1.807) is 14.2 Å². The predicted molar refractivity (Wildman–Crippen MR) is 61.8 cm³/mol. The van der Waals surface area contributed by atoms with Gasteiger partial charge in [0.15, 0.2) is 0 Å². The summed E-state index contributed by atoms with van der Waals surface area (Å²) in [6.07, 6.45) is 0.00296. The first-order chi connectivity index (χ1) is 8.36. The number of hydrogen-bond acceptors (Lipinski definition) is 6. The molecule has 6 nitrogen and oxygen atoms in total. The molecule has 0 spiro atoms. The Morgan fingerprint density at radius 1 is 1.12 bits per heavy atom. The van der Waals surface area contributed by atoms with E-state index in [0.717, 1.165) is 32.8 Å². The molecule has 0 aromatic rings. The first kappa shape index (κ1) is 14.8. The molecule has 0 amide bonds. The monoisotopic (exact) mass is 249 g/mol. The van der Waals surface area contributed by atoms with Crippen LogP contribution in [-0.4, -0.2) is 78.3 Å². The summed E-state index contributed by atoms with van der Waals surface area (Å²) in [6.45, 7) is 5.37. The number of morpholine rings is 1. The molecule has 1 rings (SSSR count). The highest BCUT2D eigenvalue weighted by molar-refractivity contribution is 4.68. The van der Waals surface area contributed by atoms with Crippen molar-refractivity contribution < 1.29 is 23.7 Å². The summed E-state index contributed by atoms with van der Waals surface area (Å²) in [7, 11) is 3.22. The Bertz CT molecular complexity index is 175. The minimum atomic E-state index is 0.00296. The van der Waals surface area contributed by atoms with Crippen LogP contribution in [0.3, 0.4) is 0 Å². The Hall–Kier alpha value is -0.240. The third-order valence-corrected chi connectivity index (χ3v) is 2.49. The van der Waals surface area contributed by atoms with Gasteiger partial charge in [0.2, 0.25) is 0 Å². The molecule has 1 aliphatic heterocycles. The van der Waals surface area contributed by atoms with Crippen molar-refractivity contribution in [1.29, 1.82) is 0 Å². The van der Waals surface area contributed by atoms with Crippen molar-refractivity contribution in [3.63, 3.8) is 0 Å². The van der Waals surface area contributed by atoms with Gasteiger partial charge in [-0.25, -0.2) is 0 Å². The van der Waals surface area contributed by atoms with E-state index in [-0.39, 0.29) is 19.7 Å². The average Bonchev–Trinajstić information content (AvgIpc) is 2.37. The zero-order valence-corrected chi connectivity index (χ0v) is 10.7. The maximum absolute atomic E-state index is 5.56. The third kappa shape index (κ3) is 6.92. The lowest BCUT2D eigenvalue weighted by molar-refractivity contribution is -0.129. The molecule has 1 fully saturated rings. The fraction of sp³-hybridized carbons (Fsp3) is 1.00. The van der Waals surface area contributed by atoms with Gasteiger partial charge in [-0.1, -0.05) is 0 Å². The van der Waals surface area contributed by atoms with E-state index in [0.29, 0.717) is 6.61 Å². The summed E-state index contributed by atoms with van der Waals surface area (Å²) in [5.74, 6) is 0. The molecule has 102 valence electrons. The lowest BCUT2D eigenvalue weighted by Gasteiger charge is -2.30. The molecule has 0 radical (unpaired) electrons.